The van der Waals surface area contributed by atoms with E-state index in [1.165, 1.54) is 24.3 Å². The molecule has 13 heavy (non-hydrogen) atoms. The molecule has 1 rings (SSSR count). The van der Waals surface area contributed by atoms with Crippen LogP contribution in [0.4, 0.5) is 5.69 Å². The van der Waals surface area contributed by atoms with Crippen molar-refractivity contribution in [2.45, 2.75) is 0 Å². The van der Waals surface area contributed by atoms with E-state index in [1.807, 2.05) is 0 Å². The van der Waals surface area contributed by atoms with Crippen molar-refractivity contribution in [2.24, 2.45) is 5.73 Å². The van der Waals surface area contributed by atoms with Crippen LogP contribution in [0.2, 0.25) is 0 Å². The predicted molar refractivity (Wildman–Crippen MR) is 50.7 cm³/mol. The first-order chi connectivity index (χ1) is 6.09. The van der Waals surface area contributed by atoms with Crippen molar-refractivity contribution in [3.8, 4) is 5.75 Å². The van der Waals surface area contributed by atoms with Crippen molar-refractivity contribution in [2.75, 3.05) is 5.73 Å². The lowest BCUT2D eigenvalue weighted by Gasteiger charge is -1.99. The maximum absolute atomic E-state index is 10.4. The highest BCUT2D eigenvalue weighted by atomic mass is 16.3. The summed E-state index contributed by atoms with van der Waals surface area (Å²) >= 11 is 0. The molecule has 1 aromatic carbocycles. The minimum Gasteiger partial charge on any atom is -0.508 e. The van der Waals surface area contributed by atoms with Crippen LogP contribution in [-0.4, -0.2) is 11.0 Å². The van der Waals surface area contributed by atoms with Gasteiger partial charge in [-0.3, -0.25) is 4.79 Å². The summed E-state index contributed by atoms with van der Waals surface area (Å²) in [6.45, 7) is 0. The molecule has 0 atom stereocenters. The monoisotopic (exact) mass is 178 g/mol. The van der Waals surface area contributed by atoms with Crippen LogP contribution in [0.3, 0.4) is 0 Å². The number of hydrogen-bond acceptors (Lipinski definition) is 3. The van der Waals surface area contributed by atoms with Gasteiger partial charge in [-0.2, -0.15) is 0 Å². The zero-order chi connectivity index (χ0) is 9.84. The molecule has 68 valence electrons. The number of rotatable bonds is 2. The number of carbonyl (C=O) groups excluding carboxylic acids is 1. The number of aromatic hydroxyl groups is 1. The van der Waals surface area contributed by atoms with E-state index in [2.05, 4.69) is 0 Å². The Morgan fingerprint density at radius 3 is 2.69 bits per heavy atom. The van der Waals surface area contributed by atoms with E-state index in [0.29, 0.717) is 11.3 Å². The van der Waals surface area contributed by atoms with E-state index in [9.17, 15) is 4.79 Å². The Morgan fingerprint density at radius 1 is 1.46 bits per heavy atom. The summed E-state index contributed by atoms with van der Waals surface area (Å²) in [5.74, 6) is -0.443. The summed E-state index contributed by atoms with van der Waals surface area (Å²) in [4.78, 5) is 10.4. The lowest BCUT2D eigenvalue weighted by Crippen LogP contribution is -2.05. The molecule has 4 heteroatoms. The first-order valence-corrected chi connectivity index (χ1v) is 3.65. The Morgan fingerprint density at radius 2 is 2.15 bits per heavy atom. The molecule has 0 radical (unpaired) electrons. The zero-order valence-corrected chi connectivity index (χ0v) is 6.90. The van der Waals surface area contributed by atoms with Gasteiger partial charge < -0.3 is 16.6 Å². The maximum atomic E-state index is 10.4. The van der Waals surface area contributed by atoms with Crippen molar-refractivity contribution in [1.29, 1.82) is 0 Å². The van der Waals surface area contributed by atoms with Gasteiger partial charge in [-0.05, 0) is 23.8 Å². The van der Waals surface area contributed by atoms with Crippen LogP contribution in [0, 0.1) is 0 Å². The number of primary amides is 1. The number of hydrogen-bond donors (Lipinski definition) is 3. The molecule has 1 amide bonds. The van der Waals surface area contributed by atoms with Crippen molar-refractivity contribution >= 4 is 17.7 Å². The van der Waals surface area contributed by atoms with Gasteiger partial charge in [0.25, 0.3) is 0 Å². The molecule has 0 aliphatic heterocycles. The average molecular weight is 178 g/mol. The van der Waals surface area contributed by atoms with Crippen LogP contribution in [0.5, 0.6) is 5.75 Å². The second-order valence-electron chi connectivity index (χ2n) is 2.55. The van der Waals surface area contributed by atoms with Gasteiger partial charge in [0, 0.05) is 17.8 Å². The molecule has 4 nitrogen and oxygen atoms in total. The summed E-state index contributed by atoms with van der Waals surface area (Å²) < 4.78 is 0. The molecule has 0 aliphatic rings. The molecule has 0 spiro atoms. The van der Waals surface area contributed by atoms with Gasteiger partial charge in [0.2, 0.25) is 5.91 Å². The Labute approximate surface area is 75.5 Å². The third-order valence-corrected chi connectivity index (χ3v) is 1.50. The van der Waals surface area contributed by atoms with Crippen LogP contribution in [0.1, 0.15) is 5.56 Å². The van der Waals surface area contributed by atoms with Gasteiger partial charge in [-0.15, -0.1) is 0 Å². The molecule has 0 unspecified atom stereocenters. The van der Waals surface area contributed by atoms with Gasteiger partial charge in [-0.1, -0.05) is 0 Å². The Kier molecular flexibility index (Phi) is 2.54. The van der Waals surface area contributed by atoms with E-state index in [-0.39, 0.29) is 5.75 Å². The highest BCUT2D eigenvalue weighted by Crippen LogP contribution is 2.19. The van der Waals surface area contributed by atoms with Gasteiger partial charge in [0.05, 0.1) is 0 Å². The van der Waals surface area contributed by atoms with Gasteiger partial charge >= 0.3 is 0 Å². The van der Waals surface area contributed by atoms with Crippen LogP contribution in [-0.2, 0) is 4.79 Å². The van der Waals surface area contributed by atoms with Crippen LogP contribution >= 0.6 is 0 Å². The Balaban J connectivity index is 2.96. The second kappa shape index (κ2) is 3.62. The minimum absolute atomic E-state index is 0.0914. The fourth-order valence-corrected chi connectivity index (χ4v) is 0.886. The van der Waals surface area contributed by atoms with Crippen LogP contribution in [0.15, 0.2) is 24.3 Å². The summed E-state index contributed by atoms with van der Waals surface area (Å²) in [6.07, 6.45) is 2.71. The number of amides is 1. The van der Waals surface area contributed by atoms with Crippen LogP contribution in [0.25, 0.3) is 6.08 Å². The summed E-state index contributed by atoms with van der Waals surface area (Å²) in [5.41, 5.74) is 11.5. The molecule has 0 aliphatic carbocycles. The number of anilines is 1. The van der Waals surface area contributed by atoms with Gasteiger partial charge in [0.1, 0.15) is 5.75 Å². The number of phenolic OH excluding ortho intramolecular Hbond substituents is 1. The number of benzene rings is 1. The fourth-order valence-electron chi connectivity index (χ4n) is 0.886. The number of carbonyl (C=O) groups is 1. The number of nitrogens with two attached hydrogens (primary N) is 2. The molecule has 1 aromatic rings. The van der Waals surface area contributed by atoms with Crippen molar-refractivity contribution in [3.63, 3.8) is 0 Å². The van der Waals surface area contributed by atoms with E-state index >= 15 is 0 Å². The quantitative estimate of drug-likeness (QED) is 0.454. The van der Waals surface area contributed by atoms with E-state index in [0.717, 1.165) is 0 Å². The maximum Gasteiger partial charge on any atom is 0.241 e. The van der Waals surface area contributed by atoms with Crippen molar-refractivity contribution in [3.05, 3.63) is 29.8 Å². The highest BCUT2D eigenvalue weighted by Gasteiger charge is 1.96. The van der Waals surface area contributed by atoms with Crippen molar-refractivity contribution < 1.29 is 9.90 Å². The fraction of sp³-hybridized carbons (Fsp3) is 0. The van der Waals surface area contributed by atoms with E-state index in [4.69, 9.17) is 16.6 Å². The third kappa shape index (κ3) is 2.52. The van der Waals surface area contributed by atoms with Crippen molar-refractivity contribution in [1.82, 2.24) is 0 Å². The molecule has 0 fully saturated rings. The summed E-state index contributed by atoms with van der Waals surface area (Å²) in [6, 6.07) is 4.49. The predicted octanol–water partition coefficient (Wildman–Crippen LogP) is 0.473. The van der Waals surface area contributed by atoms with Crippen LogP contribution < -0.4 is 11.5 Å². The standard InChI is InChI=1S/C9H10N2O2/c10-8-5-7(12)3-1-6(8)2-4-9(11)13/h1-5,12H,10H2,(H2,11,13)/b4-2+. The third-order valence-electron chi connectivity index (χ3n) is 1.50. The Bertz CT molecular complexity index is 359. The summed E-state index contributed by atoms with van der Waals surface area (Å²) in [5, 5.41) is 9.02. The smallest absolute Gasteiger partial charge is 0.241 e. The molecule has 0 saturated carbocycles. The molecule has 0 saturated heterocycles. The average Bonchev–Trinajstić information content (AvgIpc) is 2.02. The SMILES string of the molecule is NC(=O)/C=C/c1ccc(O)cc1N. The van der Waals surface area contributed by atoms with E-state index in [1.54, 1.807) is 6.07 Å². The second-order valence-corrected chi connectivity index (χ2v) is 2.55. The Hall–Kier alpha value is -1.97. The number of nitrogen functional groups attached to an aromatic ring is 1. The van der Waals surface area contributed by atoms with Gasteiger partial charge in [0.15, 0.2) is 0 Å². The normalized spacial score (nSPS) is 10.5. The minimum atomic E-state index is -0.535. The molecule has 5 N–H and O–H groups in total. The lowest BCUT2D eigenvalue weighted by atomic mass is 10.1. The molecule has 0 bridgehead atoms. The molecule has 0 heterocycles. The summed E-state index contributed by atoms with van der Waals surface area (Å²) in [7, 11) is 0. The molecular formula is C9H10N2O2. The lowest BCUT2D eigenvalue weighted by molar-refractivity contribution is -0.113. The largest absolute Gasteiger partial charge is 0.508 e. The molecule has 0 aromatic heterocycles. The first-order valence-electron chi connectivity index (χ1n) is 3.65. The highest BCUT2D eigenvalue weighted by molar-refractivity contribution is 5.91. The van der Waals surface area contributed by atoms with Gasteiger partial charge in [-0.25, -0.2) is 0 Å². The first kappa shape index (κ1) is 9.12. The number of phenols is 1. The molecular weight excluding hydrogens is 168 g/mol. The topological polar surface area (TPSA) is 89.3 Å². The van der Waals surface area contributed by atoms with E-state index < -0.39 is 5.91 Å². The zero-order valence-electron chi connectivity index (χ0n) is 6.90.